The minimum absolute atomic E-state index is 0.0166. The number of nitrogens with zero attached hydrogens (tertiary/aromatic N) is 1. The van der Waals surface area contributed by atoms with Crippen LogP contribution in [0.1, 0.15) is 33.6 Å². The molecular formula is C10H22N2O4S. The quantitative estimate of drug-likeness (QED) is 0.642. The smallest absolute Gasteiger partial charge is 0.303 e. The van der Waals surface area contributed by atoms with E-state index in [1.807, 2.05) is 6.92 Å². The Kier molecular flexibility index (Phi) is 7.33. The van der Waals surface area contributed by atoms with Crippen LogP contribution in [0.25, 0.3) is 0 Å². The first-order chi connectivity index (χ1) is 7.87. The van der Waals surface area contributed by atoms with E-state index in [0.717, 1.165) is 0 Å². The molecule has 0 aliphatic heterocycles. The summed E-state index contributed by atoms with van der Waals surface area (Å²) in [6.07, 6.45) is 0.615. The number of nitrogens with one attached hydrogen (secondary N) is 1. The summed E-state index contributed by atoms with van der Waals surface area (Å²) in [4.78, 5) is 10.6. The second-order valence-corrected chi connectivity index (χ2v) is 5.57. The molecule has 0 heterocycles. The highest BCUT2D eigenvalue weighted by atomic mass is 32.2. The lowest BCUT2D eigenvalue weighted by Crippen LogP contribution is -2.42. The normalized spacial score (nSPS) is 13.9. The van der Waals surface area contributed by atoms with Gasteiger partial charge in [0, 0.05) is 26.1 Å². The van der Waals surface area contributed by atoms with Crippen molar-refractivity contribution in [1.82, 2.24) is 9.03 Å². The Morgan fingerprint density at radius 2 is 1.82 bits per heavy atom. The van der Waals surface area contributed by atoms with E-state index < -0.39 is 16.2 Å². The second-order valence-electron chi connectivity index (χ2n) is 3.81. The van der Waals surface area contributed by atoms with Gasteiger partial charge in [0.1, 0.15) is 0 Å². The maximum Gasteiger partial charge on any atom is 0.303 e. The van der Waals surface area contributed by atoms with Crippen molar-refractivity contribution in [3.63, 3.8) is 0 Å². The fraction of sp³-hybridized carbons (Fsp3) is 0.900. The highest BCUT2D eigenvalue weighted by Gasteiger charge is 2.20. The number of hydrogen-bond donors (Lipinski definition) is 2. The molecule has 0 spiro atoms. The number of carboxylic acids is 1. The third-order valence-corrected chi connectivity index (χ3v) is 4.37. The van der Waals surface area contributed by atoms with Gasteiger partial charge in [0.15, 0.2) is 0 Å². The van der Waals surface area contributed by atoms with Crippen LogP contribution in [0, 0.1) is 5.92 Å². The average Bonchev–Trinajstić information content (AvgIpc) is 2.25. The molecule has 0 fully saturated rings. The maximum absolute atomic E-state index is 11.8. The van der Waals surface area contributed by atoms with Crippen molar-refractivity contribution >= 4 is 16.2 Å². The fourth-order valence-corrected chi connectivity index (χ4v) is 2.79. The Morgan fingerprint density at radius 1 is 1.29 bits per heavy atom. The minimum Gasteiger partial charge on any atom is -0.481 e. The Morgan fingerprint density at radius 3 is 2.18 bits per heavy atom. The topological polar surface area (TPSA) is 86.7 Å². The molecule has 0 rings (SSSR count). The average molecular weight is 266 g/mol. The molecule has 2 N–H and O–H groups in total. The summed E-state index contributed by atoms with van der Waals surface area (Å²) in [6, 6.07) is 0. The van der Waals surface area contributed by atoms with Gasteiger partial charge in [0.05, 0.1) is 0 Å². The van der Waals surface area contributed by atoms with Crippen LogP contribution in [0.15, 0.2) is 0 Å². The van der Waals surface area contributed by atoms with Crippen LogP contribution in [-0.2, 0) is 15.0 Å². The van der Waals surface area contributed by atoms with Crippen molar-refractivity contribution < 1.29 is 18.3 Å². The molecule has 0 aliphatic rings. The number of aliphatic carboxylic acids is 1. The van der Waals surface area contributed by atoms with E-state index in [1.165, 1.54) is 4.31 Å². The Balaban J connectivity index is 4.37. The van der Waals surface area contributed by atoms with Gasteiger partial charge in [-0.2, -0.15) is 12.7 Å². The second kappa shape index (κ2) is 7.62. The molecule has 6 nitrogen and oxygen atoms in total. The lowest BCUT2D eigenvalue weighted by Gasteiger charge is -2.20. The first kappa shape index (κ1) is 16.3. The van der Waals surface area contributed by atoms with E-state index >= 15 is 0 Å². The standard InChI is InChI=1S/C10H22N2O4S/c1-4-9(7-10(13)14)8-11-17(15,16)12(5-2)6-3/h9,11H,4-8H2,1-3H3,(H,13,14). The van der Waals surface area contributed by atoms with Crippen LogP contribution in [0.3, 0.4) is 0 Å². The van der Waals surface area contributed by atoms with Crippen molar-refractivity contribution in [3.05, 3.63) is 0 Å². The molecule has 0 aliphatic carbocycles. The van der Waals surface area contributed by atoms with Crippen molar-refractivity contribution in [2.45, 2.75) is 33.6 Å². The lowest BCUT2D eigenvalue weighted by atomic mass is 10.0. The molecule has 0 radical (unpaired) electrons. The lowest BCUT2D eigenvalue weighted by molar-refractivity contribution is -0.138. The highest BCUT2D eigenvalue weighted by molar-refractivity contribution is 7.87. The van der Waals surface area contributed by atoms with E-state index in [4.69, 9.17) is 5.11 Å². The van der Waals surface area contributed by atoms with Crippen LogP contribution in [-0.4, -0.2) is 43.4 Å². The minimum atomic E-state index is -3.47. The fourth-order valence-electron chi connectivity index (χ4n) is 1.49. The molecule has 0 aromatic rings. The van der Waals surface area contributed by atoms with Crippen molar-refractivity contribution in [1.29, 1.82) is 0 Å². The molecule has 0 saturated heterocycles. The summed E-state index contributed by atoms with van der Waals surface area (Å²) in [5, 5.41) is 8.66. The van der Waals surface area contributed by atoms with E-state index in [0.29, 0.717) is 19.5 Å². The summed E-state index contributed by atoms with van der Waals surface area (Å²) >= 11 is 0. The van der Waals surface area contributed by atoms with Gasteiger partial charge in [-0.1, -0.05) is 27.2 Å². The first-order valence-corrected chi connectivity index (χ1v) is 7.27. The Labute approximate surface area is 103 Å². The molecule has 0 saturated carbocycles. The van der Waals surface area contributed by atoms with Crippen molar-refractivity contribution in [2.75, 3.05) is 19.6 Å². The molecule has 7 heteroatoms. The zero-order valence-electron chi connectivity index (χ0n) is 10.6. The maximum atomic E-state index is 11.8. The zero-order valence-corrected chi connectivity index (χ0v) is 11.5. The van der Waals surface area contributed by atoms with E-state index in [1.54, 1.807) is 13.8 Å². The SMILES string of the molecule is CCC(CNS(=O)(=O)N(CC)CC)CC(=O)O. The van der Waals surface area contributed by atoms with E-state index in [9.17, 15) is 13.2 Å². The number of carbonyl (C=O) groups is 1. The van der Waals surface area contributed by atoms with Gasteiger partial charge in [-0.05, 0) is 5.92 Å². The van der Waals surface area contributed by atoms with Gasteiger partial charge >= 0.3 is 5.97 Å². The van der Waals surface area contributed by atoms with Gasteiger partial charge in [-0.25, -0.2) is 4.72 Å². The summed E-state index contributed by atoms with van der Waals surface area (Å²) < 4.78 is 27.3. The Hall–Kier alpha value is -0.660. The highest BCUT2D eigenvalue weighted by Crippen LogP contribution is 2.08. The largest absolute Gasteiger partial charge is 0.481 e. The third-order valence-electron chi connectivity index (χ3n) is 2.64. The Bertz CT molecular complexity index is 325. The number of carboxylic acid groups (broad SMARTS) is 1. The molecule has 0 bridgehead atoms. The summed E-state index contributed by atoms with van der Waals surface area (Å²) in [6.45, 7) is 6.35. The van der Waals surface area contributed by atoms with Crippen molar-refractivity contribution in [3.8, 4) is 0 Å². The van der Waals surface area contributed by atoms with Gasteiger partial charge in [0.25, 0.3) is 10.2 Å². The van der Waals surface area contributed by atoms with Crippen LogP contribution >= 0.6 is 0 Å². The van der Waals surface area contributed by atoms with Gasteiger partial charge in [-0.15, -0.1) is 0 Å². The summed E-state index contributed by atoms with van der Waals surface area (Å²) in [7, 11) is -3.47. The molecule has 0 aromatic heterocycles. The molecule has 0 aromatic carbocycles. The number of hydrogen-bond acceptors (Lipinski definition) is 3. The molecular weight excluding hydrogens is 244 g/mol. The molecule has 1 atom stereocenters. The summed E-state index contributed by atoms with van der Waals surface area (Å²) in [5.41, 5.74) is 0. The number of rotatable bonds is 9. The predicted molar refractivity (Wildman–Crippen MR) is 65.9 cm³/mol. The predicted octanol–water partition coefficient (Wildman–Crippen LogP) is 0.664. The molecule has 1 unspecified atom stereocenters. The van der Waals surface area contributed by atoms with Crippen LogP contribution in [0.2, 0.25) is 0 Å². The molecule has 0 amide bonds. The molecule has 102 valence electrons. The van der Waals surface area contributed by atoms with Crippen LogP contribution < -0.4 is 4.72 Å². The van der Waals surface area contributed by atoms with Gasteiger partial charge < -0.3 is 5.11 Å². The van der Waals surface area contributed by atoms with Gasteiger partial charge in [-0.3, -0.25) is 4.79 Å². The zero-order chi connectivity index (χ0) is 13.5. The van der Waals surface area contributed by atoms with E-state index in [-0.39, 0.29) is 18.9 Å². The third kappa shape index (κ3) is 5.99. The van der Waals surface area contributed by atoms with Crippen molar-refractivity contribution in [2.24, 2.45) is 5.92 Å². The first-order valence-electron chi connectivity index (χ1n) is 5.83. The van der Waals surface area contributed by atoms with Crippen LogP contribution in [0.4, 0.5) is 0 Å². The van der Waals surface area contributed by atoms with E-state index in [2.05, 4.69) is 4.72 Å². The monoisotopic (exact) mass is 266 g/mol. The van der Waals surface area contributed by atoms with Gasteiger partial charge in [0.2, 0.25) is 0 Å². The van der Waals surface area contributed by atoms with Crippen LogP contribution in [0.5, 0.6) is 0 Å². The summed E-state index contributed by atoms with van der Waals surface area (Å²) in [5.74, 6) is -1.07. The molecule has 17 heavy (non-hydrogen) atoms.